The number of para-hydroxylation sites is 1. The Balaban J connectivity index is 1.48. The predicted molar refractivity (Wildman–Crippen MR) is 136 cm³/mol. The fraction of sp³-hybridized carbons (Fsp3) is 0.538. The van der Waals surface area contributed by atoms with Gasteiger partial charge in [0.25, 0.3) is 5.91 Å². The van der Waals surface area contributed by atoms with Gasteiger partial charge in [-0.1, -0.05) is 44.1 Å². The van der Waals surface area contributed by atoms with E-state index in [2.05, 4.69) is 25.9 Å². The van der Waals surface area contributed by atoms with E-state index in [9.17, 15) is 14.4 Å². The van der Waals surface area contributed by atoms with E-state index >= 15 is 0 Å². The molecule has 2 aromatic heterocycles. The van der Waals surface area contributed by atoms with E-state index in [1.54, 1.807) is 6.92 Å². The molecular weight excluding hydrogens is 492 g/mol. The largest absolute Gasteiger partial charge is 0.459 e. The first-order chi connectivity index (χ1) is 18.2. The molecule has 38 heavy (non-hydrogen) atoms. The van der Waals surface area contributed by atoms with Gasteiger partial charge in [-0.05, 0) is 37.2 Å². The van der Waals surface area contributed by atoms with E-state index in [-0.39, 0.29) is 30.6 Å². The van der Waals surface area contributed by atoms with Crippen molar-refractivity contribution in [3.8, 4) is 0 Å². The van der Waals surface area contributed by atoms with Crippen molar-refractivity contribution in [2.24, 2.45) is 11.3 Å². The summed E-state index contributed by atoms with van der Waals surface area (Å²) in [5.74, 6) is -1.37. The molecule has 12 nitrogen and oxygen atoms in total. The zero-order valence-electron chi connectivity index (χ0n) is 22.2. The lowest BCUT2D eigenvalue weighted by Gasteiger charge is -2.30. The fourth-order valence-corrected chi connectivity index (χ4v) is 4.35. The third-order valence-electron chi connectivity index (χ3n) is 6.39. The highest BCUT2D eigenvalue weighted by atomic mass is 16.6. The normalized spacial score (nSPS) is 15.3. The number of fused-ring (bicyclic) bond motifs is 1. The van der Waals surface area contributed by atoms with Crippen LogP contribution in [0.2, 0.25) is 0 Å². The van der Waals surface area contributed by atoms with Gasteiger partial charge >= 0.3 is 11.9 Å². The highest BCUT2D eigenvalue weighted by Crippen LogP contribution is 2.25. The minimum atomic E-state index is -0.883. The molecule has 0 unspecified atom stereocenters. The molecule has 1 aliphatic rings. The average molecular weight is 527 g/mol. The van der Waals surface area contributed by atoms with E-state index in [0.717, 1.165) is 37.0 Å². The molecule has 1 saturated heterocycles. The highest BCUT2D eigenvalue weighted by Gasteiger charge is 2.34. The number of rotatable bonds is 9. The van der Waals surface area contributed by atoms with Crippen molar-refractivity contribution in [2.75, 3.05) is 19.8 Å². The second-order valence-corrected chi connectivity index (χ2v) is 10.3. The maximum Gasteiger partial charge on any atom is 0.397 e. The van der Waals surface area contributed by atoms with Gasteiger partial charge in [-0.25, -0.2) is 4.79 Å². The lowest BCUT2D eigenvalue weighted by molar-refractivity contribution is -0.125. The number of hydrogen-bond donors (Lipinski definition) is 2. The SMILES string of the molecule is CCOC(=O)c1nc(CNC(=O)[C@@H](NC(=O)c2nn(CC3CCOCC3)c3ccccc23)C(C)(C)C)no1. The second kappa shape index (κ2) is 11.7. The number of amides is 2. The van der Waals surface area contributed by atoms with Crippen LogP contribution in [-0.4, -0.2) is 63.6 Å². The smallest absolute Gasteiger partial charge is 0.397 e. The van der Waals surface area contributed by atoms with E-state index in [4.69, 9.17) is 14.0 Å². The summed E-state index contributed by atoms with van der Waals surface area (Å²) in [4.78, 5) is 42.3. The van der Waals surface area contributed by atoms with Crippen LogP contribution in [0.15, 0.2) is 28.8 Å². The molecule has 204 valence electrons. The van der Waals surface area contributed by atoms with Crippen molar-refractivity contribution in [1.29, 1.82) is 0 Å². The Labute approximate surface area is 220 Å². The number of hydrogen-bond acceptors (Lipinski definition) is 9. The van der Waals surface area contributed by atoms with Crippen LogP contribution in [0.3, 0.4) is 0 Å². The molecule has 12 heteroatoms. The molecule has 0 spiro atoms. The summed E-state index contributed by atoms with van der Waals surface area (Å²) in [6.45, 7) is 9.46. The van der Waals surface area contributed by atoms with E-state index < -0.39 is 29.2 Å². The summed E-state index contributed by atoms with van der Waals surface area (Å²) < 4.78 is 17.1. The summed E-state index contributed by atoms with van der Waals surface area (Å²) >= 11 is 0. The summed E-state index contributed by atoms with van der Waals surface area (Å²) in [5.41, 5.74) is 0.524. The summed E-state index contributed by atoms with van der Waals surface area (Å²) in [6, 6.07) is 6.71. The maximum atomic E-state index is 13.5. The van der Waals surface area contributed by atoms with Crippen molar-refractivity contribution < 1.29 is 28.4 Å². The Hall–Kier alpha value is -3.80. The Morgan fingerprint density at radius 2 is 1.92 bits per heavy atom. The first kappa shape index (κ1) is 27.2. The molecule has 1 aliphatic heterocycles. The number of carbonyl (C=O) groups excluding carboxylic acids is 3. The van der Waals surface area contributed by atoms with Crippen LogP contribution < -0.4 is 10.6 Å². The molecule has 1 aromatic carbocycles. The van der Waals surface area contributed by atoms with Gasteiger partial charge in [-0.2, -0.15) is 10.1 Å². The molecule has 1 atom stereocenters. The van der Waals surface area contributed by atoms with Crippen molar-refractivity contribution in [2.45, 2.75) is 59.7 Å². The summed E-state index contributed by atoms with van der Waals surface area (Å²) in [5, 5.41) is 14.7. The molecule has 2 N–H and O–H groups in total. The van der Waals surface area contributed by atoms with Gasteiger partial charge in [-0.3, -0.25) is 14.3 Å². The predicted octanol–water partition coefficient (Wildman–Crippen LogP) is 2.48. The molecule has 0 saturated carbocycles. The van der Waals surface area contributed by atoms with E-state index in [1.165, 1.54) is 0 Å². The number of ether oxygens (including phenoxy) is 2. The Kier molecular flexibility index (Phi) is 8.40. The van der Waals surface area contributed by atoms with Crippen LogP contribution in [0.25, 0.3) is 10.9 Å². The van der Waals surface area contributed by atoms with E-state index in [0.29, 0.717) is 12.5 Å². The summed E-state index contributed by atoms with van der Waals surface area (Å²) in [7, 11) is 0. The first-order valence-corrected chi connectivity index (χ1v) is 12.8. The first-order valence-electron chi connectivity index (χ1n) is 12.8. The number of carbonyl (C=O) groups is 3. The molecule has 1 fully saturated rings. The lowest BCUT2D eigenvalue weighted by Crippen LogP contribution is -2.53. The van der Waals surface area contributed by atoms with Gasteiger partial charge in [-0.15, -0.1) is 0 Å². The van der Waals surface area contributed by atoms with Crippen LogP contribution >= 0.6 is 0 Å². The Morgan fingerprint density at radius 3 is 2.63 bits per heavy atom. The maximum absolute atomic E-state index is 13.5. The lowest BCUT2D eigenvalue weighted by atomic mass is 9.86. The minimum Gasteiger partial charge on any atom is -0.459 e. The van der Waals surface area contributed by atoms with Gasteiger partial charge < -0.3 is 24.6 Å². The fourth-order valence-electron chi connectivity index (χ4n) is 4.35. The van der Waals surface area contributed by atoms with Crippen molar-refractivity contribution in [3.05, 3.63) is 41.7 Å². The van der Waals surface area contributed by atoms with E-state index in [1.807, 2.05) is 49.7 Å². The van der Waals surface area contributed by atoms with Gasteiger partial charge in [0.2, 0.25) is 5.91 Å². The van der Waals surface area contributed by atoms with Crippen LogP contribution in [0.4, 0.5) is 0 Å². The minimum absolute atomic E-state index is 0.0904. The molecule has 0 radical (unpaired) electrons. The van der Waals surface area contributed by atoms with Crippen molar-refractivity contribution in [1.82, 2.24) is 30.6 Å². The van der Waals surface area contributed by atoms with Crippen LogP contribution in [0, 0.1) is 11.3 Å². The standard InChI is InChI=1S/C26H34N6O6/c1-5-37-25(35)24-28-19(31-38-24)14-27-23(34)21(26(2,3)4)29-22(33)20-17-8-6-7-9-18(17)32(30-20)15-16-10-12-36-13-11-16/h6-9,16,21H,5,10-15H2,1-4H3,(H,27,34)(H,29,33)/t21-/m1/s1. The number of aromatic nitrogens is 4. The molecule has 2 amide bonds. The van der Waals surface area contributed by atoms with Crippen LogP contribution in [0.5, 0.6) is 0 Å². The van der Waals surface area contributed by atoms with Crippen molar-refractivity contribution in [3.63, 3.8) is 0 Å². The third kappa shape index (κ3) is 6.36. The Morgan fingerprint density at radius 1 is 1.18 bits per heavy atom. The van der Waals surface area contributed by atoms with Gasteiger partial charge in [0.1, 0.15) is 6.04 Å². The monoisotopic (exact) mass is 526 g/mol. The molecule has 0 aliphatic carbocycles. The topological polar surface area (TPSA) is 150 Å². The van der Waals surface area contributed by atoms with Crippen LogP contribution in [0.1, 0.15) is 67.5 Å². The number of esters is 1. The third-order valence-corrected chi connectivity index (χ3v) is 6.39. The number of nitrogens with one attached hydrogen (secondary N) is 2. The molecule has 3 heterocycles. The van der Waals surface area contributed by atoms with Crippen molar-refractivity contribution >= 4 is 28.7 Å². The zero-order chi connectivity index (χ0) is 27.3. The number of nitrogens with zero attached hydrogens (tertiary/aromatic N) is 4. The quantitative estimate of drug-likeness (QED) is 0.401. The second-order valence-electron chi connectivity index (χ2n) is 10.3. The highest BCUT2D eigenvalue weighted by molar-refractivity contribution is 6.06. The average Bonchev–Trinajstić information content (AvgIpc) is 3.51. The zero-order valence-corrected chi connectivity index (χ0v) is 22.2. The van der Waals surface area contributed by atoms with Crippen LogP contribution in [-0.2, 0) is 27.4 Å². The summed E-state index contributed by atoms with van der Waals surface area (Å²) in [6.07, 6.45) is 1.90. The Bertz CT molecular complexity index is 1290. The van der Waals surface area contributed by atoms with Gasteiger partial charge in [0.15, 0.2) is 11.5 Å². The molecule has 0 bridgehead atoms. The molecular formula is C26H34N6O6. The molecule has 4 rings (SSSR count). The molecule has 3 aromatic rings. The number of benzene rings is 1. The van der Waals surface area contributed by atoms with Gasteiger partial charge in [0.05, 0.1) is 18.7 Å². The van der Waals surface area contributed by atoms with Gasteiger partial charge in [0, 0.05) is 25.1 Å².